The van der Waals surface area contributed by atoms with Crippen molar-refractivity contribution in [3.05, 3.63) is 0 Å². The number of aliphatic hydroxyl groups excluding tert-OH is 4. The maximum atomic E-state index is 9.90. The first-order valence-electron chi connectivity index (χ1n) is 8.47. The zero-order valence-electron chi connectivity index (χ0n) is 13.7. The highest BCUT2D eigenvalue weighted by Gasteiger charge is 2.44. The summed E-state index contributed by atoms with van der Waals surface area (Å²) in [5.41, 5.74) is 0. The van der Waals surface area contributed by atoms with Crippen LogP contribution in [-0.2, 0) is 9.47 Å². The fourth-order valence-electron chi connectivity index (χ4n) is 2.69. The lowest BCUT2D eigenvalue weighted by atomic mass is 9.99. The number of hydrogen-bond acceptors (Lipinski definition) is 6. The second kappa shape index (κ2) is 10.5. The highest BCUT2D eigenvalue weighted by Crippen LogP contribution is 2.23. The summed E-state index contributed by atoms with van der Waals surface area (Å²) in [6.07, 6.45) is 1.96. The van der Waals surface area contributed by atoms with Crippen LogP contribution in [0.25, 0.3) is 0 Å². The molecule has 0 aromatic heterocycles. The van der Waals surface area contributed by atoms with Crippen LogP contribution in [0.4, 0.5) is 0 Å². The van der Waals surface area contributed by atoms with Crippen LogP contribution in [-0.4, -0.2) is 63.8 Å². The van der Waals surface area contributed by atoms with Crippen molar-refractivity contribution in [3.8, 4) is 0 Å². The number of aliphatic hydroxyl groups is 4. The molecular weight excluding hydrogens is 288 g/mol. The van der Waals surface area contributed by atoms with E-state index in [-0.39, 0.29) is 6.10 Å². The van der Waals surface area contributed by atoms with Crippen molar-refractivity contribution in [2.75, 3.05) is 6.61 Å². The summed E-state index contributed by atoms with van der Waals surface area (Å²) in [6, 6.07) is 0. The first-order chi connectivity index (χ1) is 10.5. The maximum Gasteiger partial charge on any atom is 0.186 e. The van der Waals surface area contributed by atoms with Crippen molar-refractivity contribution in [2.24, 2.45) is 0 Å². The summed E-state index contributed by atoms with van der Waals surface area (Å²) in [7, 11) is 0. The Morgan fingerprint density at radius 1 is 0.955 bits per heavy atom. The average Bonchev–Trinajstić information content (AvgIpc) is 2.51. The smallest absolute Gasteiger partial charge is 0.186 e. The van der Waals surface area contributed by atoms with E-state index in [1.807, 2.05) is 6.92 Å². The standard InChI is InChI=1S/C16H32O6/c1-3-4-5-6-7-8-9-11(2)21-16-15(20)14(19)13(18)12(10-17)22-16/h11-20H,3-10H2,1-2H3/t11?,12?,13-,14?,15?,16?/m1/s1. The van der Waals surface area contributed by atoms with Gasteiger partial charge in [-0.3, -0.25) is 0 Å². The van der Waals surface area contributed by atoms with Crippen molar-refractivity contribution in [1.82, 2.24) is 0 Å². The lowest BCUT2D eigenvalue weighted by molar-refractivity contribution is -0.310. The third kappa shape index (κ3) is 6.10. The lowest BCUT2D eigenvalue weighted by Gasteiger charge is -2.40. The van der Waals surface area contributed by atoms with E-state index in [1.54, 1.807) is 0 Å². The van der Waals surface area contributed by atoms with Gasteiger partial charge in [0.15, 0.2) is 6.29 Å². The van der Waals surface area contributed by atoms with Crippen LogP contribution in [0.15, 0.2) is 0 Å². The van der Waals surface area contributed by atoms with Crippen LogP contribution in [0, 0.1) is 0 Å². The van der Waals surface area contributed by atoms with Crippen LogP contribution < -0.4 is 0 Å². The highest BCUT2D eigenvalue weighted by atomic mass is 16.7. The molecule has 5 unspecified atom stereocenters. The second-order valence-corrected chi connectivity index (χ2v) is 6.20. The Morgan fingerprint density at radius 2 is 1.59 bits per heavy atom. The minimum absolute atomic E-state index is 0.118. The Kier molecular flexibility index (Phi) is 9.47. The Labute approximate surface area is 133 Å². The molecule has 6 heteroatoms. The number of rotatable bonds is 10. The first kappa shape index (κ1) is 19.8. The van der Waals surface area contributed by atoms with E-state index >= 15 is 0 Å². The molecule has 1 saturated heterocycles. The molecule has 22 heavy (non-hydrogen) atoms. The molecule has 0 aromatic carbocycles. The predicted molar refractivity (Wildman–Crippen MR) is 82.3 cm³/mol. The van der Waals surface area contributed by atoms with E-state index in [2.05, 4.69) is 6.92 Å². The molecule has 0 aromatic rings. The quantitative estimate of drug-likeness (QED) is 0.447. The largest absolute Gasteiger partial charge is 0.394 e. The summed E-state index contributed by atoms with van der Waals surface area (Å²) in [4.78, 5) is 0. The van der Waals surface area contributed by atoms with Gasteiger partial charge in [-0.25, -0.2) is 0 Å². The Hall–Kier alpha value is -0.240. The van der Waals surface area contributed by atoms with Crippen LogP contribution in [0.1, 0.15) is 58.8 Å². The summed E-state index contributed by atoms with van der Waals surface area (Å²) in [5, 5.41) is 38.4. The second-order valence-electron chi connectivity index (χ2n) is 6.20. The summed E-state index contributed by atoms with van der Waals surface area (Å²) < 4.78 is 11.0. The molecule has 1 aliphatic heterocycles. The molecule has 6 nitrogen and oxygen atoms in total. The molecule has 0 spiro atoms. The molecule has 0 amide bonds. The van der Waals surface area contributed by atoms with E-state index in [1.165, 1.54) is 25.7 Å². The molecular formula is C16H32O6. The Bertz CT molecular complexity index is 286. The van der Waals surface area contributed by atoms with Gasteiger partial charge in [0.1, 0.15) is 24.4 Å². The first-order valence-corrected chi connectivity index (χ1v) is 8.47. The van der Waals surface area contributed by atoms with E-state index in [0.717, 1.165) is 19.3 Å². The minimum Gasteiger partial charge on any atom is -0.394 e. The number of unbranched alkanes of at least 4 members (excludes halogenated alkanes) is 5. The average molecular weight is 320 g/mol. The number of ether oxygens (including phenoxy) is 2. The summed E-state index contributed by atoms with van der Waals surface area (Å²) >= 11 is 0. The summed E-state index contributed by atoms with van der Waals surface area (Å²) in [6.45, 7) is 3.65. The molecule has 0 radical (unpaired) electrons. The Morgan fingerprint density at radius 3 is 2.23 bits per heavy atom. The van der Waals surface area contributed by atoms with Crippen LogP contribution in [0.2, 0.25) is 0 Å². The van der Waals surface area contributed by atoms with Gasteiger partial charge in [-0.05, 0) is 13.3 Å². The summed E-state index contributed by atoms with van der Waals surface area (Å²) in [5.74, 6) is 0. The molecule has 132 valence electrons. The van der Waals surface area contributed by atoms with Gasteiger partial charge in [0, 0.05) is 0 Å². The molecule has 6 atom stereocenters. The number of hydrogen-bond donors (Lipinski definition) is 4. The van der Waals surface area contributed by atoms with Crippen molar-refractivity contribution < 1.29 is 29.9 Å². The highest BCUT2D eigenvalue weighted by molar-refractivity contribution is 4.89. The van der Waals surface area contributed by atoms with Crippen molar-refractivity contribution >= 4 is 0 Å². The Balaban J connectivity index is 2.29. The van der Waals surface area contributed by atoms with Gasteiger partial charge in [0.2, 0.25) is 0 Å². The molecule has 0 aliphatic carbocycles. The van der Waals surface area contributed by atoms with E-state index < -0.39 is 37.3 Å². The maximum absolute atomic E-state index is 9.90. The van der Waals surface area contributed by atoms with Crippen LogP contribution in [0.5, 0.6) is 0 Å². The van der Waals surface area contributed by atoms with Gasteiger partial charge >= 0.3 is 0 Å². The van der Waals surface area contributed by atoms with Crippen LogP contribution in [0.3, 0.4) is 0 Å². The monoisotopic (exact) mass is 320 g/mol. The van der Waals surface area contributed by atoms with Gasteiger partial charge < -0.3 is 29.9 Å². The van der Waals surface area contributed by atoms with Gasteiger partial charge in [0.05, 0.1) is 12.7 Å². The van der Waals surface area contributed by atoms with Gasteiger partial charge in [-0.2, -0.15) is 0 Å². The fraction of sp³-hybridized carbons (Fsp3) is 1.00. The van der Waals surface area contributed by atoms with Gasteiger partial charge in [-0.1, -0.05) is 45.4 Å². The molecule has 4 N–H and O–H groups in total. The van der Waals surface area contributed by atoms with Gasteiger partial charge in [-0.15, -0.1) is 0 Å². The van der Waals surface area contributed by atoms with Crippen molar-refractivity contribution in [1.29, 1.82) is 0 Å². The third-order valence-electron chi connectivity index (χ3n) is 4.18. The third-order valence-corrected chi connectivity index (χ3v) is 4.18. The van der Waals surface area contributed by atoms with Crippen molar-refractivity contribution in [2.45, 2.75) is 95.6 Å². The molecule has 1 fully saturated rings. The topological polar surface area (TPSA) is 99.4 Å². The lowest BCUT2D eigenvalue weighted by Crippen LogP contribution is -2.59. The molecule has 0 bridgehead atoms. The zero-order chi connectivity index (χ0) is 16.5. The molecule has 0 saturated carbocycles. The normalized spacial score (nSPS) is 33.8. The molecule has 1 aliphatic rings. The molecule has 1 heterocycles. The fourth-order valence-corrected chi connectivity index (χ4v) is 2.69. The van der Waals surface area contributed by atoms with E-state index in [9.17, 15) is 15.3 Å². The van der Waals surface area contributed by atoms with Crippen molar-refractivity contribution in [3.63, 3.8) is 0 Å². The minimum atomic E-state index is -1.38. The zero-order valence-corrected chi connectivity index (χ0v) is 13.7. The SMILES string of the molecule is CCCCCCCCC(C)OC1OC(CO)[C@@H](O)C(O)C1O. The van der Waals surface area contributed by atoms with Gasteiger partial charge in [0.25, 0.3) is 0 Å². The molecule has 1 rings (SSSR count). The van der Waals surface area contributed by atoms with E-state index in [0.29, 0.717) is 0 Å². The predicted octanol–water partition coefficient (Wildman–Crippen LogP) is 0.942. The van der Waals surface area contributed by atoms with E-state index in [4.69, 9.17) is 14.6 Å². The van der Waals surface area contributed by atoms with Crippen LogP contribution >= 0.6 is 0 Å².